The van der Waals surface area contributed by atoms with E-state index in [0.717, 1.165) is 48.6 Å². The standard InChI is InChI=1S/C20H25ClN6O/c1-14-23-24-19-9-8-18(25-27(14)19)22-12-17(15-4-6-16(21)7-5-15)26-10-11-28-20(2,3)13-26/h4-9,17H,10-13H2,1-3H3,(H,22,25). The van der Waals surface area contributed by atoms with Crippen molar-refractivity contribution in [3.05, 3.63) is 52.8 Å². The quantitative estimate of drug-likeness (QED) is 0.708. The Kier molecular flexibility index (Phi) is 5.23. The van der Waals surface area contributed by atoms with E-state index in [0.29, 0.717) is 0 Å². The van der Waals surface area contributed by atoms with Crippen LogP contribution in [0, 0.1) is 6.92 Å². The lowest BCUT2D eigenvalue weighted by Crippen LogP contribution is -2.50. The number of benzene rings is 1. The molecule has 8 heteroatoms. The van der Waals surface area contributed by atoms with Crippen LogP contribution in [0.5, 0.6) is 0 Å². The minimum atomic E-state index is -0.167. The number of halogens is 1. The van der Waals surface area contributed by atoms with Gasteiger partial charge in [-0.3, -0.25) is 4.90 Å². The van der Waals surface area contributed by atoms with Crippen LogP contribution in [0.25, 0.3) is 5.65 Å². The molecule has 28 heavy (non-hydrogen) atoms. The molecule has 7 nitrogen and oxygen atoms in total. The molecular weight excluding hydrogens is 376 g/mol. The van der Waals surface area contributed by atoms with Crippen molar-refractivity contribution in [3.8, 4) is 0 Å². The molecule has 3 heterocycles. The van der Waals surface area contributed by atoms with E-state index < -0.39 is 0 Å². The van der Waals surface area contributed by atoms with Crippen molar-refractivity contribution in [1.29, 1.82) is 0 Å². The number of nitrogens with one attached hydrogen (secondary N) is 1. The molecule has 0 aliphatic carbocycles. The van der Waals surface area contributed by atoms with Gasteiger partial charge in [0.15, 0.2) is 11.5 Å². The largest absolute Gasteiger partial charge is 0.373 e. The highest BCUT2D eigenvalue weighted by Crippen LogP contribution is 2.28. The molecule has 0 bridgehead atoms. The molecule has 1 fully saturated rings. The number of nitrogens with zero attached hydrogens (tertiary/aromatic N) is 5. The molecule has 1 saturated heterocycles. The molecule has 1 aliphatic rings. The molecule has 1 atom stereocenters. The zero-order valence-electron chi connectivity index (χ0n) is 16.4. The first-order valence-corrected chi connectivity index (χ1v) is 9.85. The van der Waals surface area contributed by atoms with Crippen LogP contribution in [0.3, 0.4) is 0 Å². The predicted octanol–water partition coefficient (Wildman–Crippen LogP) is 3.35. The van der Waals surface area contributed by atoms with Crippen molar-refractivity contribution in [2.75, 3.05) is 31.6 Å². The fourth-order valence-corrected chi connectivity index (χ4v) is 3.78. The number of hydrogen-bond donors (Lipinski definition) is 1. The average molecular weight is 401 g/mol. The molecule has 0 spiro atoms. The molecule has 0 saturated carbocycles. The van der Waals surface area contributed by atoms with E-state index in [4.69, 9.17) is 16.3 Å². The van der Waals surface area contributed by atoms with Gasteiger partial charge in [-0.15, -0.1) is 15.3 Å². The van der Waals surface area contributed by atoms with Crippen LogP contribution in [-0.2, 0) is 4.74 Å². The van der Waals surface area contributed by atoms with Crippen LogP contribution in [-0.4, -0.2) is 56.6 Å². The second kappa shape index (κ2) is 7.66. The minimum Gasteiger partial charge on any atom is -0.373 e. The summed E-state index contributed by atoms with van der Waals surface area (Å²) in [4.78, 5) is 2.46. The Labute approximate surface area is 169 Å². The molecular formula is C20H25ClN6O. The lowest BCUT2D eigenvalue weighted by molar-refractivity contribution is -0.0963. The molecule has 1 aromatic carbocycles. The molecule has 4 rings (SSSR count). The van der Waals surface area contributed by atoms with E-state index in [1.807, 2.05) is 31.2 Å². The Balaban J connectivity index is 1.57. The molecule has 0 amide bonds. The molecule has 3 aromatic rings. The number of hydrogen-bond acceptors (Lipinski definition) is 6. The molecule has 1 unspecified atom stereocenters. The highest BCUT2D eigenvalue weighted by atomic mass is 35.5. The van der Waals surface area contributed by atoms with Gasteiger partial charge < -0.3 is 10.1 Å². The number of aryl methyl sites for hydroxylation is 1. The van der Waals surface area contributed by atoms with Gasteiger partial charge in [-0.1, -0.05) is 23.7 Å². The van der Waals surface area contributed by atoms with Gasteiger partial charge in [0.1, 0.15) is 5.82 Å². The van der Waals surface area contributed by atoms with Crippen molar-refractivity contribution in [1.82, 2.24) is 24.7 Å². The second-order valence-corrected chi connectivity index (χ2v) is 8.20. The first-order valence-electron chi connectivity index (χ1n) is 9.48. The SMILES string of the molecule is Cc1nnc2ccc(NCC(c3ccc(Cl)cc3)N3CCOC(C)(C)C3)nn12. The van der Waals surface area contributed by atoms with Crippen LogP contribution in [0.1, 0.15) is 31.3 Å². The maximum atomic E-state index is 6.11. The summed E-state index contributed by atoms with van der Waals surface area (Å²) in [5.41, 5.74) is 1.79. The van der Waals surface area contributed by atoms with Crippen LogP contribution in [0.15, 0.2) is 36.4 Å². The zero-order valence-corrected chi connectivity index (χ0v) is 17.1. The van der Waals surface area contributed by atoms with Gasteiger partial charge in [-0.05, 0) is 50.6 Å². The van der Waals surface area contributed by atoms with Crippen molar-refractivity contribution < 1.29 is 4.74 Å². The van der Waals surface area contributed by atoms with Gasteiger partial charge in [0, 0.05) is 24.7 Å². The van der Waals surface area contributed by atoms with Gasteiger partial charge in [0.2, 0.25) is 0 Å². The maximum Gasteiger partial charge on any atom is 0.178 e. The van der Waals surface area contributed by atoms with Crippen LogP contribution >= 0.6 is 11.6 Å². The van der Waals surface area contributed by atoms with Gasteiger partial charge in [0.05, 0.1) is 18.2 Å². The maximum absolute atomic E-state index is 6.11. The number of anilines is 1. The summed E-state index contributed by atoms with van der Waals surface area (Å²) in [6, 6.07) is 12.1. The number of aromatic nitrogens is 4. The van der Waals surface area contributed by atoms with Crippen LogP contribution in [0.4, 0.5) is 5.82 Å². The predicted molar refractivity (Wildman–Crippen MR) is 110 cm³/mol. The Morgan fingerprint density at radius 1 is 1.18 bits per heavy atom. The third-order valence-electron chi connectivity index (χ3n) is 5.05. The van der Waals surface area contributed by atoms with E-state index in [9.17, 15) is 0 Å². The van der Waals surface area contributed by atoms with Gasteiger partial charge in [-0.2, -0.15) is 4.52 Å². The fraction of sp³-hybridized carbons (Fsp3) is 0.450. The lowest BCUT2D eigenvalue weighted by Gasteiger charge is -2.42. The summed E-state index contributed by atoms with van der Waals surface area (Å²) in [5, 5.41) is 17.0. The van der Waals surface area contributed by atoms with Crippen molar-refractivity contribution in [3.63, 3.8) is 0 Å². The van der Waals surface area contributed by atoms with Crippen LogP contribution < -0.4 is 5.32 Å². The number of fused-ring (bicyclic) bond motifs is 1. The molecule has 0 radical (unpaired) electrons. The smallest absolute Gasteiger partial charge is 0.178 e. The molecule has 1 N–H and O–H groups in total. The zero-order chi connectivity index (χ0) is 19.7. The van der Waals surface area contributed by atoms with E-state index in [1.54, 1.807) is 4.52 Å². The van der Waals surface area contributed by atoms with Crippen LogP contribution in [0.2, 0.25) is 5.02 Å². The third-order valence-corrected chi connectivity index (χ3v) is 5.30. The summed E-state index contributed by atoms with van der Waals surface area (Å²) >= 11 is 6.11. The van der Waals surface area contributed by atoms with Gasteiger partial charge in [0.25, 0.3) is 0 Å². The Morgan fingerprint density at radius 3 is 2.71 bits per heavy atom. The summed E-state index contributed by atoms with van der Waals surface area (Å²) in [5.74, 6) is 1.56. The van der Waals surface area contributed by atoms with Crippen molar-refractivity contribution in [2.24, 2.45) is 0 Å². The normalized spacial score (nSPS) is 18.3. The summed E-state index contributed by atoms with van der Waals surface area (Å²) in [6.45, 7) is 9.35. The number of ether oxygens (including phenoxy) is 1. The molecule has 1 aliphatic heterocycles. The average Bonchev–Trinajstić information content (AvgIpc) is 3.03. The summed E-state index contributed by atoms with van der Waals surface area (Å²) < 4.78 is 7.65. The lowest BCUT2D eigenvalue weighted by atomic mass is 10.0. The van der Waals surface area contributed by atoms with E-state index in [2.05, 4.69) is 51.5 Å². The van der Waals surface area contributed by atoms with E-state index >= 15 is 0 Å². The number of rotatable bonds is 5. The summed E-state index contributed by atoms with van der Waals surface area (Å²) in [6.07, 6.45) is 0. The Bertz CT molecular complexity index is 955. The van der Waals surface area contributed by atoms with Crippen molar-refractivity contribution in [2.45, 2.75) is 32.4 Å². The minimum absolute atomic E-state index is 0.167. The Hall–Kier alpha value is -2.22. The second-order valence-electron chi connectivity index (χ2n) is 7.76. The molecule has 148 valence electrons. The highest BCUT2D eigenvalue weighted by molar-refractivity contribution is 6.30. The van der Waals surface area contributed by atoms with E-state index in [-0.39, 0.29) is 11.6 Å². The van der Waals surface area contributed by atoms with E-state index in [1.165, 1.54) is 5.56 Å². The highest BCUT2D eigenvalue weighted by Gasteiger charge is 2.32. The Morgan fingerprint density at radius 2 is 1.96 bits per heavy atom. The monoisotopic (exact) mass is 400 g/mol. The van der Waals surface area contributed by atoms with Gasteiger partial charge in [-0.25, -0.2) is 0 Å². The van der Waals surface area contributed by atoms with Gasteiger partial charge >= 0.3 is 0 Å². The first-order chi connectivity index (χ1) is 13.4. The number of morpholine rings is 1. The topological polar surface area (TPSA) is 67.6 Å². The van der Waals surface area contributed by atoms with Crippen molar-refractivity contribution >= 4 is 23.1 Å². The molecule has 2 aromatic heterocycles. The fourth-order valence-electron chi connectivity index (χ4n) is 3.65. The third kappa shape index (κ3) is 4.11. The first kappa shape index (κ1) is 19.1. The summed E-state index contributed by atoms with van der Waals surface area (Å²) in [7, 11) is 0.